The molecular formula is C10H8N2O. The SMILES string of the molecule is Nc1cc2cc3occc3cc2[nH]1. The number of nitrogens with one attached hydrogen (secondary N) is 1. The Hall–Kier alpha value is -1.90. The highest BCUT2D eigenvalue weighted by Gasteiger charge is 2.02. The lowest BCUT2D eigenvalue weighted by Gasteiger charge is -1.89. The average Bonchev–Trinajstić information content (AvgIpc) is 2.63. The molecule has 0 atom stereocenters. The van der Waals surface area contributed by atoms with Crippen molar-refractivity contribution >= 4 is 27.7 Å². The third-order valence-electron chi connectivity index (χ3n) is 2.21. The van der Waals surface area contributed by atoms with Crippen LogP contribution in [0.5, 0.6) is 0 Å². The molecule has 0 aliphatic rings. The molecule has 64 valence electrons. The smallest absolute Gasteiger partial charge is 0.134 e. The van der Waals surface area contributed by atoms with Crippen molar-refractivity contribution in [2.45, 2.75) is 0 Å². The summed E-state index contributed by atoms with van der Waals surface area (Å²) in [5.74, 6) is 0.683. The van der Waals surface area contributed by atoms with Crippen LogP contribution in [0.3, 0.4) is 0 Å². The van der Waals surface area contributed by atoms with E-state index in [4.69, 9.17) is 10.2 Å². The van der Waals surface area contributed by atoms with Gasteiger partial charge in [0.15, 0.2) is 0 Å². The molecule has 0 saturated carbocycles. The van der Waals surface area contributed by atoms with Crippen LogP contribution in [0.4, 0.5) is 5.82 Å². The van der Waals surface area contributed by atoms with Gasteiger partial charge < -0.3 is 15.1 Å². The molecule has 0 aliphatic carbocycles. The van der Waals surface area contributed by atoms with Crippen molar-refractivity contribution in [3.8, 4) is 0 Å². The van der Waals surface area contributed by atoms with Gasteiger partial charge in [0.1, 0.15) is 11.4 Å². The van der Waals surface area contributed by atoms with Gasteiger partial charge in [-0.1, -0.05) is 0 Å². The van der Waals surface area contributed by atoms with Crippen molar-refractivity contribution < 1.29 is 4.42 Å². The van der Waals surface area contributed by atoms with E-state index in [1.54, 1.807) is 6.26 Å². The Kier molecular flexibility index (Phi) is 1.05. The van der Waals surface area contributed by atoms with Gasteiger partial charge in [-0.05, 0) is 24.3 Å². The highest BCUT2D eigenvalue weighted by atomic mass is 16.3. The van der Waals surface area contributed by atoms with Crippen LogP contribution < -0.4 is 5.73 Å². The Bertz CT molecular complexity index is 529. The zero-order valence-corrected chi connectivity index (χ0v) is 6.87. The van der Waals surface area contributed by atoms with Gasteiger partial charge in [0.05, 0.1) is 6.26 Å². The number of H-pyrrole nitrogens is 1. The maximum atomic E-state index is 5.64. The van der Waals surface area contributed by atoms with E-state index in [-0.39, 0.29) is 0 Å². The molecule has 0 radical (unpaired) electrons. The zero-order chi connectivity index (χ0) is 8.84. The first-order valence-corrected chi connectivity index (χ1v) is 4.08. The first kappa shape index (κ1) is 6.60. The lowest BCUT2D eigenvalue weighted by molar-refractivity contribution is 0.616. The second-order valence-corrected chi connectivity index (χ2v) is 3.12. The number of aromatic nitrogens is 1. The molecule has 1 aromatic carbocycles. The molecule has 0 amide bonds. The first-order valence-electron chi connectivity index (χ1n) is 4.08. The number of benzene rings is 1. The number of nitrogen functional groups attached to an aromatic ring is 1. The molecule has 3 nitrogen and oxygen atoms in total. The van der Waals surface area contributed by atoms with E-state index in [0.717, 1.165) is 21.9 Å². The summed E-state index contributed by atoms with van der Waals surface area (Å²) < 4.78 is 5.28. The predicted molar refractivity (Wildman–Crippen MR) is 52.5 cm³/mol. The van der Waals surface area contributed by atoms with E-state index in [9.17, 15) is 0 Å². The van der Waals surface area contributed by atoms with Crippen molar-refractivity contribution in [3.63, 3.8) is 0 Å². The minimum Gasteiger partial charge on any atom is -0.464 e. The Morgan fingerprint density at radius 1 is 1.15 bits per heavy atom. The van der Waals surface area contributed by atoms with Gasteiger partial charge in [0.25, 0.3) is 0 Å². The monoisotopic (exact) mass is 172 g/mol. The van der Waals surface area contributed by atoms with Crippen molar-refractivity contribution in [3.05, 3.63) is 30.5 Å². The molecule has 13 heavy (non-hydrogen) atoms. The highest BCUT2D eigenvalue weighted by molar-refractivity contribution is 5.95. The van der Waals surface area contributed by atoms with Gasteiger partial charge in [0, 0.05) is 16.3 Å². The predicted octanol–water partition coefficient (Wildman–Crippen LogP) is 2.50. The van der Waals surface area contributed by atoms with Crippen LogP contribution in [0.2, 0.25) is 0 Å². The van der Waals surface area contributed by atoms with E-state index < -0.39 is 0 Å². The molecule has 0 fully saturated rings. The largest absolute Gasteiger partial charge is 0.464 e. The third-order valence-corrected chi connectivity index (χ3v) is 2.21. The minimum atomic E-state index is 0.683. The molecule has 2 heterocycles. The molecule has 0 spiro atoms. The minimum absolute atomic E-state index is 0.683. The van der Waals surface area contributed by atoms with E-state index in [1.807, 2.05) is 24.3 Å². The van der Waals surface area contributed by atoms with Gasteiger partial charge in [-0.2, -0.15) is 0 Å². The van der Waals surface area contributed by atoms with Crippen LogP contribution in [-0.4, -0.2) is 4.98 Å². The zero-order valence-electron chi connectivity index (χ0n) is 6.87. The summed E-state index contributed by atoms with van der Waals surface area (Å²) in [6, 6.07) is 7.85. The quantitative estimate of drug-likeness (QED) is 0.547. The van der Waals surface area contributed by atoms with Crippen molar-refractivity contribution in [1.82, 2.24) is 4.98 Å². The molecule has 3 heteroatoms. The Labute approximate surface area is 74.1 Å². The third kappa shape index (κ3) is 0.839. The molecule has 0 aliphatic heterocycles. The number of furan rings is 1. The van der Waals surface area contributed by atoms with Crippen molar-refractivity contribution in [1.29, 1.82) is 0 Å². The summed E-state index contributed by atoms with van der Waals surface area (Å²) in [6.45, 7) is 0. The lowest BCUT2D eigenvalue weighted by atomic mass is 10.2. The summed E-state index contributed by atoms with van der Waals surface area (Å²) in [5, 5.41) is 2.18. The second kappa shape index (κ2) is 2.07. The molecular weight excluding hydrogens is 164 g/mol. The lowest BCUT2D eigenvalue weighted by Crippen LogP contribution is -1.80. The van der Waals surface area contributed by atoms with Gasteiger partial charge in [-0.3, -0.25) is 0 Å². The highest BCUT2D eigenvalue weighted by Crippen LogP contribution is 2.24. The Morgan fingerprint density at radius 3 is 3.00 bits per heavy atom. The maximum Gasteiger partial charge on any atom is 0.134 e. The standard InChI is InChI=1S/C10H8N2O/c11-10-5-7-4-9-6(1-2-13-9)3-8(7)12-10/h1-5,12H,11H2. The van der Waals surface area contributed by atoms with E-state index in [2.05, 4.69) is 4.98 Å². The van der Waals surface area contributed by atoms with E-state index in [0.29, 0.717) is 5.82 Å². The van der Waals surface area contributed by atoms with Crippen LogP contribution in [0.25, 0.3) is 21.9 Å². The number of nitrogens with two attached hydrogens (primary N) is 1. The fraction of sp³-hybridized carbons (Fsp3) is 0. The number of hydrogen-bond donors (Lipinski definition) is 2. The fourth-order valence-corrected chi connectivity index (χ4v) is 1.61. The summed E-state index contributed by atoms with van der Waals surface area (Å²) in [4.78, 5) is 3.08. The van der Waals surface area contributed by atoms with Crippen molar-refractivity contribution in [2.75, 3.05) is 5.73 Å². The summed E-state index contributed by atoms with van der Waals surface area (Å²) in [5.41, 5.74) is 7.58. The summed E-state index contributed by atoms with van der Waals surface area (Å²) in [7, 11) is 0. The van der Waals surface area contributed by atoms with Crippen LogP contribution in [0.15, 0.2) is 34.9 Å². The van der Waals surface area contributed by atoms with Crippen LogP contribution in [-0.2, 0) is 0 Å². The number of anilines is 1. The van der Waals surface area contributed by atoms with Gasteiger partial charge in [-0.15, -0.1) is 0 Å². The summed E-state index contributed by atoms with van der Waals surface area (Å²) >= 11 is 0. The van der Waals surface area contributed by atoms with Crippen LogP contribution in [0, 0.1) is 0 Å². The fourth-order valence-electron chi connectivity index (χ4n) is 1.61. The Morgan fingerprint density at radius 2 is 2.08 bits per heavy atom. The topological polar surface area (TPSA) is 54.9 Å². The van der Waals surface area contributed by atoms with E-state index in [1.165, 1.54) is 0 Å². The second-order valence-electron chi connectivity index (χ2n) is 3.12. The number of fused-ring (bicyclic) bond motifs is 2. The molecule has 0 unspecified atom stereocenters. The van der Waals surface area contributed by atoms with Crippen LogP contribution in [0.1, 0.15) is 0 Å². The molecule has 2 aromatic heterocycles. The van der Waals surface area contributed by atoms with Gasteiger partial charge >= 0.3 is 0 Å². The Balaban J connectivity index is 2.54. The molecule has 0 bridgehead atoms. The normalized spacial score (nSPS) is 11.4. The van der Waals surface area contributed by atoms with E-state index >= 15 is 0 Å². The first-order chi connectivity index (χ1) is 6.33. The van der Waals surface area contributed by atoms with Crippen LogP contribution >= 0.6 is 0 Å². The average molecular weight is 172 g/mol. The molecule has 3 rings (SSSR count). The molecule has 3 N–H and O–H groups in total. The molecule has 0 saturated heterocycles. The van der Waals surface area contributed by atoms with Crippen molar-refractivity contribution in [2.24, 2.45) is 0 Å². The number of aromatic amines is 1. The summed E-state index contributed by atoms with van der Waals surface area (Å²) in [6.07, 6.45) is 1.69. The molecule has 3 aromatic rings. The van der Waals surface area contributed by atoms with Gasteiger partial charge in [0.2, 0.25) is 0 Å². The number of hydrogen-bond acceptors (Lipinski definition) is 2. The number of rotatable bonds is 0. The maximum absolute atomic E-state index is 5.64. The van der Waals surface area contributed by atoms with Gasteiger partial charge in [-0.25, -0.2) is 0 Å².